The molecule has 2 N–H and O–H groups in total. The molecule has 1 heterocycles. The van der Waals surface area contributed by atoms with Crippen LogP contribution in [0.5, 0.6) is 0 Å². The Morgan fingerprint density at radius 2 is 1.81 bits per heavy atom. The van der Waals surface area contributed by atoms with E-state index in [0.29, 0.717) is 16.8 Å². The number of esters is 1. The average molecular weight is 532 g/mol. The monoisotopic (exact) mass is 532 g/mol. The third-order valence-corrected chi connectivity index (χ3v) is 3.65. The maximum Gasteiger partial charge on any atom is 1.00 e. The molecule has 7 nitrogen and oxygen atoms in total. The molecule has 3 rings (SSSR count). The van der Waals surface area contributed by atoms with Crippen molar-refractivity contribution in [3.8, 4) is 11.3 Å². The number of aromatic amines is 1. The molecule has 1 aromatic heterocycles. The van der Waals surface area contributed by atoms with Crippen LogP contribution in [0.15, 0.2) is 54.6 Å². The van der Waals surface area contributed by atoms with Crippen LogP contribution in [0.25, 0.3) is 11.3 Å². The van der Waals surface area contributed by atoms with E-state index in [1.54, 1.807) is 48.5 Å². The molecule has 2 aromatic carbocycles. The average Bonchev–Trinajstić information content (AvgIpc) is 3.21. The van der Waals surface area contributed by atoms with Gasteiger partial charge in [0, 0.05) is 5.56 Å². The zero-order valence-electron chi connectivity index (χ0n) is 13.7. The first kappa shape index (κ1) is 19.6. The maximum absolute atomic E-state index is 12.5. The number of hydrogen-bond acceptors (Lipinski definition) is 5. The van der Waals surface area contributed by atoms with Crippen LogP contribution >= 0.6 is 0 Å². The number of carbonyl (C=O) groups excluding carboxylic acids is 2. The summed E-state index contributed by atoms with van der Waals surface area (Å²) in [6.45, 7) is 0. The topological polar surface area (TPSA) is 97.0 Å². The van der Waals surface area contributed by atoms with Crippen molar-refractivity contribution in [3.05, 3.63) is 71.9 Å². The third-order valence-electron chi connectivity index (χ3n) is 3.65. The molecule has 0 spiro atoms. The molecule has 0 fully saturated rings. The minimum absolute atomic E-state index is 0. The SMILES string of the molecule is COC(=O)[C@H](NC(=O)c1ccc(-c2[c-]nn[nH]2)cc1)c1ccccc1.[Au+]. The Morgan fingerprint density at radius 1 is 1.12 bits per heavy atom. The zero-order chi connectivity index (χ0) is 17.6. The van der Waals surface area contributed by atoms with Crippen molar-refractivity contribution in [2.75, 3.05) is 7.11 Å². The van der Waals surface area contributed by atoms with Crippen molar-refractivity contribution >= 4 is 11.9 Å². The number of benzene rings is 2. The molecular formula is C18H15AuN4O3. The molecule has 136 valence electrons. The first-order chi connectivity index (χ1) is 12.2. The second kappa shape index (κ2) is 9.10. The van der Waals surface area contributed by atoms with E-state index in [4.69, 9.17) is 4.74 Å². The minimum atomic E-state index is -0.872. The van der Waals surface area contributed by atoms with Crippen LogP contribution in [-0.4, -0.2) is 34.4 Å². The molecule has 26 heavy (non-hydrogen) atoms. The molecule has 0 unspecified atom stereocenters. The van der Waals surface area contributed by atoms with Crippen LogP contribution in [-0.2, 0) is 31.9 Å². The maximum atomic E-state index is 12.5. The van der Waals surface area contributed by atoms with Crippen LogP contribution in [0.3, 0.4) is 0 Å². The second-order valence-electron chi connectivity index (χ2n) is 5.22. The number of carbonyl (C=O) groups is 2. The van der Waals surface area contributed by atoms with Gasteiger partial charge < -0.3 is 10.1 Å². The van der Waals surface area contributed by atoms with Gasteiger partial charge in [0.1, 0.15) is 0 Å². The Morgan fingerprint density at radius 3 is 2.38 bits per heavy atom. The van der Waals surface area contributed by atoms with Gasteiger partial charge in [0.05, 0.1) is 7.11 Å². The van der Waals surface area contributed by atoms with Gasteiger partial charge in [-0.2, -0.15) is 0 Å². The van der Waals surface area contributed by atoms with Crippen LogP contribution < -0.4 is 5.32 Å². The first-order valence-electron chi connectivity index (χ1n) is 7.52. The molecule has 0 aliphatic rings. The molecule has 0 saturated carbocycles. The summed E-state index contributed by atoms with van der Waals surface area (Å²) >= 11 is 0. The van der Waals surface area contributed by atoms with E-state index in [9.17, 15) is 9.59 Å². The number of ether oxygens (including phenoxy) is 1. The smallest absolute Gasteiger partial charge is 0.467 e. The van der Waals surface area contributed by atoms with Gasteiger partial charge >= 0.3 is 28.3 Å². The molecule has 1 atom stereocenters. The summed E-state index contributed by atoms with van der Waals surface area (Å²) in [6, 6.07) is 14.9. The zero-order valence-corrected chi connectivity index (χ0v) is 15.9. The Labute approximate surface area is 165 Å². The number of methoxy groups -OCH3 is 1. The molecule has 1 amide bonds. The molecule has 0 aliphatic carbocycles. The fraction of sp³-hybridized carbons (Fsp3) is 0.111. The van der Waals surface area contributed by atoms with Crippen molar-refractivity contribution in [1.29, 1.82) is 0 Å². The van der Waals surface area contributed by atoms with Crippen molar-refractivity contribution in [3.63, 3.8) is 0 Å². The Bertz CT molecular complexity index is 852. The third kappa shape index (κ3) is 4.45. The van der Waals surface area contributed by atoms with E-state index in [1.165, 1.54) is 7.11 Å². The Kier molecular flexibility index (Phi) is 6.85. The van der Waals surface area contributed by atoms with Gasteiger partial charge in [-0.15, -0.1) is 17.7 Å². The van der Waals surface area contributed by atoms with Gasteiger partial charge in [-0.05, 0) is 5.56 Å². The quantitative estimate of drug-likeness (QED) is 0.298. The first-order valence-corrected chi connectivity index (χ1v) is 7.52. The van der Waals surface area contributed by atoms with Gasteiger partial charge in [-0.25, -0.2) is 9.89 Å². The summed E-state index contributed by atoms with van der Waals surface area (Å²) in [7, 11) is 1.29. The Balaban J connectivity index is 0.00000243. The van der Waals surface area contributed by atoms with Gasteiger partial charge in [0.15, 0.2) is 6.04 Å². The van der Waals surface area contributed by atoms with E-state index >= 15 is 0 Å². The molecule has 0 aliphatic heterocycles. The van der Waals surface area contributed by atoms with E-state index in [-0.39, 0.29) is 28.3 Å². The summed E-state index contributed by atoms with van der Waals surface area (Å²) in [4.78, 5) is 24.5. The molecule has 8 heteroatoms. The van der Waals surface area contributed by atoms with Crippen LogP contribution in [0.2, 0.25) is 0 Å². The van der Waals surface area contributed by atoms with E-state index in [1.807, 2.05) is 6.07 Å². The second-order valence-corrected chi connectivity index (χ2v) is 5.22. The Hall–Kier alpha value is -2.74. The van der Waals surface area contributed by atoms with Gasteiger partial charge in [-0.1, -0.05) is 59.6 Å². The number of nitrogens with one attached hydrogen (secondary N) is 2. The van der Waals surface area contributed by atoms with E-state index in [2.05, 4.69) is 26.9 Å². The predicted octanol–water partition coefficient (Wildman–Crippen LogP) is 1.91. The molecule has 0 saturated heterocycles. The normalized spacial score (nSPS) is 11.1. The number of aromatic nitrogens is 3. The van der Waals surface area contributed by atoms with E-state index < -0.39 is 12.0 Å². The number of H-pyrrole nitrogens is 1. The van der Waals surface area contributed by atoms with Gasteiger partial charge in [0.25, 0.3) is 5.91 Å². The largest absolute Gasteiger partial charge is 1.00 e. The number of amides is 1. The van der Waals surface area contributed by atoms with Crippen LogP contribution in [0.4, 0.5) is 0 Å². The summed E-state index contributed by atoms with van der Waals surface area (Å²) < 4.78 is 4.80. The fourth-order valence-corrected chi connectivity index (χ4v) is 2.35. The summed E-state index contributed by atoms with van der Waals surface area (Å²) in [5.41, 5.74) is 2.50. The predicted molar refractivity (Wildman–Crippen MR) is 89.3 cm³/mol. The van der Waals surface area contributed by atoms with E-state index in [0.717, 1.165) is 5.56 Å². The molecule has 0 radical (unpaired) electrons. The fourth-order valence-electron chi connectivity index (χ4n) is 2.35. The minimum Gasteiger partial charge on any atom is -0.467 e. The number of hydrogen-bond donors (Lipinski definition) is 2. The summed E-state index contributed by atoms with van der Waals surface area (Å²) in [5.74, 6) is -0.910. The van der Waals surface area contributed by atoms with Crippen LogP contribution in [0, 0.1) is 6.20 Å². The van der Waals surface area contributed by atoms with Crippen molar-refractivity contribution in [2.45, 2.75) is 6.04 Å². The van der Waals surface area contributed by atoms with Crippen LogP contribution in [0.1, 0.15) is 22.0 Å². The van der Waals surface area contributed by atoms with Crippen molar-refractivity contribution < 1.29 is 36.7 Å². The van der Waals surface area contributed by atoms with Crippen molar-refractivity contribution in [2.24, 2.45) is 0 Å². The molecule has 3 aromatic rings. The number of nitrogens with zero attached hydrogens (tertiary/aromatic N) is 2. The summed E-state index contributed by atoms with van der Waals surface area (Å²) in [5, 5.41) is 12.6. The molecular weight excluding hydrogens is 517 g/mol. The van der Waals surface area contributed by atoms with Gasteiger partial charge in [-0.3, -0.25) is 9.89 Å². The summed E-state index contributed by atoms with van der Waals surface area (Å²) in [6.07, 6.45) is 2.70. The number of rotatable bonds is 5. The standard InChI is InChI=1S/C18H15N4O3.Au/c1-25-18(24)16(13-5-3-2-4-6-13)20-17(23)14-9-7-12(8-10-14)15-11-19-22-21-15;/h2-10,16H,1H3,(H,20,23)(H,19,21,22);/q-1;+1/t16-;/m1./s1. The van der Waals surface area contributed by atoms with Gasteiger partial charge in [0.2, 0.25) is 0 Å². The van der Waals surface area contributed by atoms with Crippen molar-refractivity contribution in [1.82, 2.24) is 20.7 Å². The molecule has 0 bridgehead atoms.